The van der Waals surface area contributed by atoms with E-state index >= 15 is 0 Å². The fraction of sp³-hybridized carbons (Fsp3) is 0.158. The van der Waals surface area contributed by atoms with Gasteiger partial charge in [0.05, 0.1) is 17.0 Å². The second-order valence-electron chi connectivity index (χ2n) is 6.36. The Morgan fingerprint density at radius 3 is 2.43 bits per heavy atom. The Morgan fingerprint density at radius 1 is 1.11 bits per heavy atom. The quantitative estimate of drug-likeness (QED) is 0.720. The van der Waals surface area contributed by atoms with Crippen LogP contribution in [0.1, 0.15) is 21.6 Å². The Bertz CT molecular complexity index is 1140. The van der Waals surface area contributed by atoms with Crippen molar-refractivity contribution in [2.24, 2.45) is 0 Å². The van der Waals surface area contributed by atoms with Crippen molar-refractivity contribution in [3.8, 4) is 11.3 Å². The van der Waals surface area contributed by atoms with Gasteiger partial charge in [0.15, 0.2) is 5.76 Å². The minimum atomic E-state index is -3.80. The lowest BCUT2D eigenvalue weighted by atomic mass is 10.0. The van der Waals surface area contributed by atoms with Crippen molar-refractivity contribution in [1.29, 1.82) is 0 Å². The normalized spacial score (nSPS) is 14.6. The van der Waals surface area contributed by atoms with E-state index in [-0.39, 0.29) is 29.4 Å². The molecule has 0 amide bonds. The molecule has 9 heteroatoms. The lowest BCUT2D eigenvalue weighted by Gasteiger charge is -2.25. The maximum Gasteiger partial charge on any atom is 0.335 e. The van der Waals surface area contributed by atoms with Crippen molar-refractivity contribution in [1.82, 2.24) is 9.46 Å². The minimum absolute atomic E-state index is 0.0142. The number of hydrogen-bond acceptors (Lipinski definition) is 5. The number of benzene rings is 2. The summed E-state index contributed by atoms with van der Waals surface area (Å²) in [7, 11) is -3.80. The SMILES string of the molecule is O=C(O)c1ccc(S(=O)(=O)N2CCc3c(noc3-c3ccc(F)cc3)C2)cc1. The third kappa shape index (κ3) is 3.19. The number of halogens is 1. The van der Waals surface area contributed by atoms with E-state index in [1.807, 2.05) is 0 Å². The van der Waals surface area contributed by atoms with Gasteiger partial charge in [0.2, 0.25) is 10.0 Å². The van der Waals surface area contributed by atoms with Gasteiger partial charge in [-0.1, -0.05) is 5.16 Å². The topological polar surface area (TPSA) is 101 Å². The minimum Gasteiger partial charge on any atom is -0.478 e. The van der Waals surface area contributed by atoms with Crippen molar-refractivity contribution < 1.29 is 27.2 Å². The molecule has 0 radical (unpaired) electrons. The second-order valence-corrected chi connectivity index (χ2v) is 8.30. The lowest BCUT2D eigenvalue weighted by molar-refractivity contribution is 0.0696. The van der Waals surface area contributed by atoms with Crippen molar-refractivity contribution in [3.05, 3.63) is 71.2 Å². The van der Waals surface area contributed by atoms with E-state index in [1.165, 1.54) is 40.7 Å². The number of aromatic nitrogens is 1. The first-order valence-electron chi connectivity index (χ1n) is 8.43. The molecular weight excluding hydrogens is 387 g/mol. The van der Waals surface area contributed by atoms with Crippen LogP contribution in [-0.2, 0) is 23.0 Å². The van der Waals surface area contributed by atoms with Crippen LogP contribution < -0.4 is 0 Å². The summed E-state index contributed by atoms with van der Waals surface area (Å²) in [4.78, 5) is 11.0. The highest BCUT2D eigenvalue weighted by molar-refractivity contribution is 7.89. The average Bonchev–Trinajstić information content (AvgIpc) is 3.12. The predicted molar refractivity (Wildman–Crippen MR) is 96.6 cm³/mol. The molecule has 0 saturated heterocycles. The molecule has 4 rings (SSSR count). The highest BCUT2D eigenvalue weighted by Gasteiger charge is 2.32. The molecular formula is C19H15FN2O5S. The zero-order valence-electron chi connectivity index (χ0n) is 14.5. The van der Waals surface area contributed by atoms with E-state index in [4.69, 9.17) is 9.63 Å². The lowest BCUT2D eigenvalue weighted by Crippen LogP contribution is -2.36. The van der Waals surface area contributed by atoms with Crippen LogP contribution in [-0.4, -0.2) is 35.5 Å². The first-order valence-corrected chi connectivity index (χ1v) is 9.87. The Balaban J connectivity index is 1.60. The Labute approximate surface area is 160 Å². The molecule has 2 aromatic carbocycles. The van der Waals surface area contributed by atoms with Gasteiger partial charge in [-0.25, -0.2) is 17.6 Å². The van der Waals surface area contributed by atoms with Crippen LogP contribution >= 0.6 is 0 Å². The largest absolute Gasteiger partial charge is 0.478 e. The van der Waals surface area contributed by atoms with Crippen LogP contribution in [0.25, 0.3) is 11.3 Å². The molecule has 3 aromatic rings. The molecule has 7 nitrogen and oxygen atoms in total. The van der Waals surface area contributed by atoms with Crippen molar-refractivity contribution in [2.75, 3.05) is 6.54 Å². The van der Waals surface area contributed by atoms with Crippen molar-refractivity contribution in [3.63, 3.8) is 0 Å². The number of aromatic carboxylic acids is 1. The zero-order valence-corrected chi connectivity index (χ0v) is 15.3. The summed E-state index contributed by atoms with van der Waals surface area (Å²) in [6.07, 6.45) is 0.401. The van der Waals surface area contributed by atoms with Crippen LogP contribution in [0.2, 0.25) is 0 Å². The molecule has 0 bridgehead atoms. The molecule has 1 aliphatic heterocycles. The van der Waals surface area contributed by atoms with E-state index in [2.05, 4.69) is 5.16 Å². The Morgan fingerprint density at radius 2 is 1.79 bits per heavy atom. The number of carbonyl (C=O) groups is 1. The van der Waals surface area contributed by atoms with Crippen molar-refractivity contribution >= 4 is 16.0 Å². The molecule has 1 aromatic heterocycles. The molecule has 0 spiro atoms. The average molecular weight is 402 g/mol. The highest BCUT2D eigenvalue weighted by Crippen LogP contribution is 2.32. The van der Waals surface area contributed by atoms with Crippen LogP contribution in [0, 0.1) is 5.82 Å². The summed E-state index contributed by atoms with van der Waals surface area (Å²) in [5, 5.41) is 12.9. The maximum atomic E-state index is 13.1. The monoisotopic (exact) mass is 402 g/mol. The smallest absolute Gasteiger partial charge is 0.335 e. The van der Waals surface area contributed by atoms with Gasteiger partial charge in [-0.3, -0.25) is 0 Å². The molecule has 2 heterocycles. The van der Waals surface area contributed by atoms with Gasteiger partial charge in [-0.15, -0.1) is 0 Å². The molecule has 28 heavy (non-hydrogen) atoms. The molecule has 0 saturated carbocycles. The number of nitrogens with zero attached hydrogens (tertiary/aromatic N) is 2. The van der Waals surface area contributed by atoms with Gasteiger partial charge in [0, 0.05) is 17.7 Å². The summed E-state index contributed by atoms with van der Waals surface area (Å²) in [5.41, 5.74) is 2.01. The summed E-state index contributed by atoms with van der Waals surface area (Å²) in [6.45, 7) is 0.272. The molecule has 1 aliphatic rings. The predicted octanol–water partition coefficient (Wildman–Crippen LogP) is 2.93. The summed E-state index contributed by atoms with van der Waals surface area (Å²) in [5.74, 6) is -0.969. The number of rotatable bonds is 4. The summed E-state index contributed by atoms with van der Waals surface area (Å²) < 4.78 is 45.5. The Hall–Kier alpha value is -3.04. The highest BCUT2D eigenvalue weighted by atomic mass is 32.2. The van der Waals surface area contributed by atoms with Crippen molar-refractivity contribution in [2.45, 2.75) is 17.9 Å². The Kier molecular flexibility index (Phi) is 4.48. The number of carboxylic acids is 1. The number of hydrogen-bond donors (Lipinski definition) is 1. The second kappa shape index (κ2) is 6.84. The van der Waals surface area contributed by atoms with Crippen LogP contribution in [0.15, 0.2) is 57.9 Å². The molecule has 0 fully saturated rings. The van der Waals surface area contributed by atoms with E-state index in [0.717, 1.165) is 5.56 Å². The van der Waals surface area contributed by atoms with Gasteiger partial charge < -0.3 is 9.63 Å². The number of carboxylic acid groups (broad SMARTS) is 1. The molecule has 144 valence electrons. The van der Waals surface area contributed by atoms with Gasteiger partial charge >= 0.3 is 5.97 Å². The van der Waals surface area contributed by atoms with E-state index in [0.29, 0.717) is 23.4 Å². The molecule has 0 aliphatic carbocycles. The first kappa shape index (κ1) is 18.3. The molecule has 1 N–H and O–H groups in total. The van der Waals surface area contributed by atoms with Gasteiger partial charge in [-0.05, 0) is 55.0 Å². The van der Waals surface area contributed by atoms with Gasteiger partial charge in [-0.2, -0.15) is 4.31 Å². The molecule has 0 unspecified atom stereocenters. The van der Waals surface area contributed by atoms with E-state index in [9.17, 15) is 17.6 Å². The number of fused-ring (bicyclic) bond motifs is 1. The standard InChI is InChI=1S/C19H15FN2O5S/c20-14-5-1-12(2-6-14)18-16-9-10-22(11-17(16)21-27-18)28(25,26)15-7-3-13(4-8-15)19(23)24/h1-8H,9-11H2,(H,23,24). The number of sulfonamides is 1. The maximum absolute atomic E-state index is 13.1. The van der Waals surface area contributed by atoms with Gasteiger partial charge in [0.1, 0.15) is 11.5 Å². The molecule has 0 atom stereocenters. The van der Waals surface area contributed by atoms with Gasteiger partial charge in [0.25, 0.3) is 0 Å². The summed E-state index contributed by atoms with van der Waals surface area (Å²) >= 11 is 0. The fourth-order valence-electron chi connectivity index (χ4n) is 3.16. The zero-order chi connectivity index (χ0) is 19.9. The van der Waals surface area contributed by atoms with Crippen LogP contribution in [0.5, 0.6) is 0 Å². The van der Waals surface area contributed by atoms with Crippen LogP contribution in [0.3, 0.4) is 0 Å². The van der Waals surface area contributed by atoms with E-state index in [1.54, 1.807) is 12.1 Å². The fourth-order valence-corrected chi connectivity index (χ4v) is 4.56. The first-order chi connectivity index (χ1) is 13.4. The van der Waals surface area contributed by atoms with E-state index < -0.39 is 16.0 Å². The van der Waals surface area contributed by atoms with Crippen LogP contribution in [0.4, 0.5) is 4.39 Å². The summed E-state index contributed by atoms with van der Waals surface area (Å²) in [6, 6.07) is 10.9. The third-order valence-electron chi connectivity index (χ3n) is 4.65. The third-order valence-corrected chi connectivity index (χ3v) is 6.51.